The summed E-state index contributed by atoms with van der Waals surface area (Å²) in [5.41, 5.74) is 2.29. The van der Waals surface area contributed by atoms with Crippen LogP contribution in [0.25, 0.3) is 12.2 Å². The van der Waals surface area contributed by atoms with Gasteiger partial charge in [0.25, 0.3) is 0 Å². The number of hydrogen-bond donors (Lipinski definition) is 0. The van der Waals surface area contributed by atoms with Gasteiger partial charge in [-0.05, 0) is 70.7 Å². The Morgan fingerprint density at radius 2 is 1.28 bits per heavy atom. The summed E-state index contributed by atoms with van der Waals surface area (Å²) in [4.78, 5) is 21.8. The standard InChI is InChI=1S/C18H12Cl2N2O3/c19-17(23)11-5-13-1-7-15(8-2-13)21-22(25)16-9-3-14(4-10-16)6-12-18(20)24/h1-12H. The van der Waals surface area contributed by atoms with E-state index in [1.807, 2.05) is 0 Å². The van der Waals surface area contributed by atoms with Crippen LogP contribution >= 0.6 is 23.2 Å². The molecule has 126 valence electrons. The van der Waals surface area contributed by atoms with Gasteiger partial charge in [0.05, 0.1) is 0 Å². The second-order valence-corrected chi connectivity index (χ2v) is 5.58. The van der Waals surface area contributed by atoms with Crippen molar-refractivity contribution in [2.24, 2.45) is 5.11 Å². The number of hydrogen-bond acceptors (Lipinski definition) is 4. The lowest BCUT2D eigenvalue weighted by atomic mass is 10.2. The second kappa shape index (κ2) is 8.92. The van der Waals surface area contributed by atoms with E-state index in [-0.39, 0.29) is 0 Å². The molecule has 0 aliphatic carbocycles. The van der Waals surface area contributed by atoms with E-state index in [1.165, 1.54) is 12.2 Å². The van der Waals surface area contributed by atoms with Gasteiger partial charge in [-0.2, -0.15) is 0 Å². The summed E-state index contributed by atoms with van der Waals surface area (Å²) in [6, 6.07) is 13.2. The number of carbonyl (C=O) groups is 2. The molecule has 0 spiro atoms. The van der Waals surface area contributed by atoms with Gasteiger partial charge in [0.1, 0.15) is 5.69 Å². The van der Waals surface area contributed by atoms with Gasteiger partial charge in [-0.3, -0.25) is 9.59 Å². The molecule has 0 atom stereocenters. The molecule has 0 unspecified atom stereocenters. The van der Waals surface area contributed by atoms with Gasteiger partial charge in [-0.1, -0.05) is 29.1 Å². The van der Waals surface area contributed by atoms with Gasteiger partial charge in [0.2, 0.25) is 16.2 Å². The van der Waals surface area contributed by atoms with E-state index in [4.69, 9.17) is 23.2 Å². The fourth-order valence-corrected chi connectivity index (χ4v) is 1.98. The van der Waals surface area contributed by atoms with Crippen LogP contribution in [0, 0.1) is 5.21 Å². The Balaban J connectivity index is 2.12. The smallest absolute Gasteiger partial charge is 0.245 e. The van der Waals surface area contributed by atoms with E-state index in [0.717, 1.165) is 11.1 Å². The summed E-state index contributed by atoms with van der Waals surface area (Å²) in [6.07, 6.45) is 5.57. The number of benzene rings is 2. The number of halogens is 2. The molecule has 5 nitrogen and oxygen atoms in total. The van der Waals surface area contributed by atoms with Crippen molar-refractivity contribution in [2.75, 3.05) is 0 Å². The van der Waals surface area contributed by atoms with Crippen molar-refractivity contribution in [2.45, 2.75) is 0 Å². The first-order chi connectivity index (χ1) is 11.9. The van der Waals surface area contributed by atoms with Crippen molar-refractivity contribution in [1.29, 1.82) is 0 Å². The molecule has 0 amide bonds. The van der Waals surface area contributed by atoms with Crippen LogP contribution in [0.4, 0.5) is 11.4 Å². The Bertz CT molecular complexity index is 855. The molecular weight excluding hydrogens is 363 g/mol. The second-order valence-electron chi connectivity index (χ2n) is 4.83. The predicted molar refractivity (Wildman–Crippen MR) is 98.0 cm³/mol. The largest absolute Gasteiger partial charge is 0.594 e. The molecule has 0 fully saturated rings. The third-order valence-electron chi connectivity index (χ3n) is 3.03. The summed E-state index contributed by atoms with van der Waals surface area (Å²) in [6.45, 7) is 0. The summed E-state index contributed by atoms with van der Waals surface area (Å²) in [5, 5.41) is 14.9. The number of allylic oxidation sites excluding steroid dienone is 2. The topological polar surface area (TPSA) is 72.6 Å². The number of azo groups is 1. The van der Waals surface area contributed by atoms with Crippen molar-refractivity contribution in [3.8, 4) is 0 Å². The van der Waals surface area contributed by atoms with Gasteiger partial charge >= 0.3 is 0 Å². The minimum Gasteiger partial charge on any atom is -0.594 e. The van der Waals surface area contributed by atoms with Crippen molar-refractivity contribution >= 4 is 57.2 Å². The quantitative estimate of drug-likeness (QED) is 0.230. The van der Waals surface area contributed by atoms with Crippen molar-refractivity contribution in [1.82, 2.24) is 0 Å². The molecule has 7 heteroatoms. The first kappa shape index (κ1) is 18.6. The van der Waals surface area contributed by atoms with Gasteiger partial charge in [0, 0.05) is 17.2 Å². The van der Waals surface area contributed by atoms with Crippen molar-refractivity contribution in [3.63, 3.8) is 0 Å². The maximum Gasteiger partial charge on any atom is 0.245 e. The molecular formula is C18H12Cl2N2O3. The summed E-state index contributed by atoms with van der Waals surface area (Å²) >= 11 is 10.4. The zero-order valence-electron chi connectivity index (χ0n) is 12.8. The van der Waals surface area contributed by atoms with Crippen molar-refractivity contribution in [3.05, 3.63) is 77.0 Å². The van der Waals surface area contributed by atoms with Gasteiger partial charge in [-0.25, -0.2) is 0 Å². The van der Waals surface area contributed by atoms with Gasteiger partial charge < -0.3 is 5.21 Å². The third kappa shape index (κ3) is 6.33. The molecule has 0 saturated carbocycles. The van der Waals surface area contributed by atoms with Crippen LogP contribution in [-0.2, 0) is 9.59 Å². The van der Waals surface area contributed by atoms with Crippen LogP contribution < -0.4 is 0 Å². The maximum absolute atomic E-state index is 12.1. The third-order valence-corrected chi connectivity index (χ3v) is 3.28. The lowest BCUT2D eigenvalue weighted by Crippen LogP contribution is -1.90. The molecule has 25 heavy (non-hydrogen) atoms. The van der Waals surface area contributed by atoms with Gasteiger partial charge in [-0.15, -0.1) is 0 Å². The lowest BCUT2D eigenvalue weighted by Gasteiger charge is -2.01. The van der Waals surface area contributed by atoms with E-state index in [2.05, 4.69) is 5.11 Å². The Labute approximate surface area is 154 Å². The highest BCUT2D eigenvalue weighted by Crippen LogP contribution is 2.19. The SMILES string of the molecule is O=C(Cl)C=Cc1ccc(N=[N+]([O-])c2ccc(C=CC(=O)Cl)cc2)cc1. The molecule has 2 aromatic carbocycles. The number of rotatable bonds is 6. The zero-order valence-corrected chi connectivity index (χ0v) is 14.3. The van der Waals surface area contributed by atoms with Crippen LogP contribution in [0.15, 0.2) is 65.8 Å². The average Bonchev–Trinajstić information content (AvgIpc) is 2.59. The van der Waals surface area contributed by atoms with Crippen LogP contribution in [0.1, 0.15) is 11.1 Å². The average molecular weight is 375 g/mol. The molecule has 2 aromatic rings. The highest BCUT2D eigenvalue weighted by Gasteiger charge is 2.04. The molecule has 0 bridgehead atoms. The Hall–Kier alpha value is -2.76. The van der Waals surface area contributed by atoms with E-state index >= 15 is 0 Å². The summed E-state index contributed by atoms with van der Waals surface area (Å²) < 4.78 is 0. The molecule has 0 radical (unpaired) electrons. The molecule has 2 rings (SSSR count). The van der Waals surface area contributed by atoms with E-state index in [9.17, 15) is 14.8 Å². The molecule has 0 aliphatic heterocycles. The first-order valence-corrected chi connectivity index (χ1v) is 7.84. The Kier molecular flexibility index (Phi) is 6.62. The minimum atomic E-state index is -0.571. The van der Waals surface area contributed by atoms with Crippen molar-refractivity contribution < 1.29 is 14.4 Å². The maximum atomic E-state index is 12.1. The monoisotopic (exact) mass is 374 g/mol. The number of nitrogens with zero attached hydrogens (tertiary/aromatic N) is 2. The lowest BCUT2D eigenvalue weighted by molar-refractivity contribution is -0.435. The van der Waals surface area contributed by atoms with Crippen LogP contribution in [0.3, 0.4) is 0 Å². The van der Waals surface area contributed by atoms with E-state index in [1.54, 1.807) is 60.7 Å². The molecule has 0 aromatic heterocycles. The fraction of sp³-hybridized carbons (Fsp3) is 0. The fourth-order valence-electron chi connectivity index (χ4n) is 1.85. The van der Waals surface area contributed by atoms with Crippen LogP contribution in [0.5, 0.6) is 0 Å². The molecule has 0 N–H and O–H groups in total. The number of carbonyl (C=O) groups excluding carboxylic acids is 2. The van der Waals surface area contributed by atoms with E-state index in [0.29, 0.717) is 16.2 Å². The molecule has 0 aliphatic rings. The first-order valence-electron chi connectivity index (χ1n) is 7.08. The Morgan fingerprint density at radius 3 is 1.72 bits per heavy atom. The molecule has 0 saturated heterocycles. The van der Waals surface area contributed by atoms with Crippen LogP contribution in [0.2, 0.25) is 0 Å². The summed E-state index contributed by atoms with van der Waals surface area (Å²) in [7, 11) is 0. The Morgan fingerprint density at radius 1 is 0.840 bits per heavy atom. The van der Waals surface area contributed by atoms with Gasteiger partial charge in [0.15, 0.2) is 0 Å². The predicted octanol–water partition coefficient (Wildman–Crippen LogP) is 5.17. The zero-order chi connectivity index (χ0) is 18.2. The van der Waals surface area contributed by atoms with E-state index < -0.39 is 10.5 Å². The normalized spacial score (nSPS) is 12.0. The minimum absolute atomic E-state index is 0.339. The van der Waals surface area contributed by atoms with Crippen LogP contribution in [-0.4, -0.2) is 15.3 Å². The summed E-state index contributed by atoms with van der Waals surface area (Å²) in [5.74, 6) is 0. The highest BCUT2D eigenvalue weighted by molar-refractivity contribution is 6.67. The highest BCUT2D eigenvalue weighted by atomic mass is 35.5. The molecule has 0 heterocycles.